The van der Waals surface area contributed by atoms with Gasteiger partial charge in [-0.3, -0.25) is 9.59 Å². The fraction of sp³-hybridized carbons (Fsp3) is 0.200. The van der Waals surface area contributed by atoms with Gasteiger partial charge in [0.2, 0.25) is 0 Å². The highest BCUT2D eigenvalue weighted by Crippen LogP contribution is 2.15. The van der Waals surface area contributed by atoms with Crippen molar-refractivity contribution in [1.29, 1.82) is 0 Å². The molecule has 1 aliphatic heterocycles. The van der Waals surface area contributed by atoms with Gasteiger partial charge >= 0.3 is 0 Å². The minimum atomic E-state index is -0.371. The van der Waals surface area contributed by atoms with Crippen LogP contribution in [0.15, 0.2) is 78.9 Å². The summed E-state index contributed by atoms with van der Waals surface area (Å²) < 4.78 is 18.8. The highest BCUT2D eigenvalue weighted by molar-refractivity contribution is 5.96. The zero-order chi connectivity index (χ0) is 21.6. The second-order valence-electron chi connectivity index (χ2n) is 7.39. The summed E-state index contributed by atoms with van der Waals surface area (Å²) in [5.41, 5.74) is 2.05. The number of nitrogens with zero attached hydrogens (tertiary/aromatic N) is 2. The molecule has 0 aliphatic carbocycles. The second-order valence-corrected chi connectivity index (χ2v) is 7.39. The Kier molecular flexibility index (Phi) is 6.26. The third kappa shape index (κ3) is 5.09. The van der Waals surface area contributed by atoms with Crippen LogP contribution in [0.5, 0.6) is 5.75 Å². The second kappa shape index (κ2) is 9.43. The number of benzene rings is 3. The van der Waals surface area contributed by atoms with E-state index in [4.69, 9.17) is 4.74 Å². The normalized spacial score (nSPS) is 13.7. The van der Waals surface area contributed by atoms with Gasteiger partial charge < -0.3 is 14.5 Å². The number of carbonyl (C=O) groups excluding carboxylic acids is 2. The molecule has 3 aromatic rings. The van der Waals surface area contributed by atoms with Gasteiger partial charge in [-0.05, 0) is 54.1 Å². The molecule has 0 spiro atoms. The average Bonchev–Trinajstić information content (AvgIpc) is 2.83. The Labute approximate surface area is 180 Å². The molecular weight excluding hydrogens is 395 g/mol. The molecule has 0 aromatic heterocycles. The standard InChI is InChI=1S/C25H23FN2O3/c26-22-12-10-21(11-13-22)25(30)28-16-14-27(15-17-28)24(29)20-8-6-19(7-9-20)18-31-23-4-2-1-3-5-23/h1-13H,14-18H2. The van der Waals surface area contributed by atoms with E-state index in [1.807, 2.05) is 54.6 Å². The first-order valence-electron chi connectivity index (χ1n) is 10.2. The van der Waals surface area contributed by atoms with Crippen LogP contribution < -0.4 is 4.74 Å². The quantitative estimate of drug-likeness (QED) is 0.629. The summed E-state index contributed by atoms with van der Waals surface area (Å²) in [5, 5.41) is 0. The van der Waals surface area contributed by atoms with Crippen molar-refractivity contribution in [2.24, 2.45) is 0 Å². The van der Waals surface area contributed by atoms with E-state index < -0.39 is 0 Å². The Balaban J connectivity index is 1.30. The van der Waals surface area contributed by atoms with Gasteiger partial charge in [0.05, 0.1) is 0 Å². The zero-order valence-corrected chi connectivity index (χ0v) is 17.0. The third-order valence-corrected chi connectivity index (χ3v) is 5.29. The summed E-state index contributed by atoms with van der Waals surface area (Å²) in [4.78, 5) is 28.8. The zero-order valence-electron chi connectivity index (χ0n) is 17.0. The molecule has 0 atom stereocenters. The molecule has 4 rings (SSSR count). The molecule has 1 fully saturated rings. The first-order valence-corrected chi connectivity index (χ1v) is 10.2. The fourth-order valence-corrected chi connectivity index (χ4v) is 3.50. The number of ether oxygens (including phenoxy) is 1. The van der Waals surface area contributed by atoms with E-state index in [9.17, 15) is 14.0 Å². The summed E-state index contributed by atoms with van der Waals surface area (Å²) >= 11 is 0. The lowest BCUT2D eigenvalue weighted by atomic mass is 10.1. The molecule has 2 amide bonds. The van der Waals surface area contributed by atoms with Gasteiger partial charge in [0.15, 0.2) is 0 Å². The Morgan fingerprint density at radius 1 is 0.710 bits per heavy atom. The lowest BCUT2D eigenvalue weighted by Gasteiger charge is -2.35. The molecule has 0 radical (unpaired) electrons. The molecule has 1 saturated heterocycles. The number of hydrogen-bond donors (Lipinski definition) is 0. The highest BCUT2D eigenvalue weighted by Gasteiger charge is 2.25. The summed E-state index contributed by atoms with van der Waals surface area (Å²) in [6.45, 7) is 2.26. The number of halogens is 1. The molecule has 158 valence electrons. The van der Waals surface area contributed by atoms with Gasteiger partial charge in [-0.25, -0.2) is 4.39 Å². The van der Waals surface area contributed by atoms with E-state index in [0.717, 1.165) is 11.3 Å². The van der Waals surface area contributed by atoms with Crippen LogP contribution in [0.25, 0.3) is 0 Å². The molecule has 0 unspecified atom stereocenters. The van der Waals surface area contributed by atoms with Crippen LogP contribution in [0.4, 0.5) is 4.39 Å². The maximum Gasteiger partial charge on any atom is 0.253 e. The first kappa shape index (κ1) is 20.6. The molecule has 1 heterocycles. The highest BCUT2D eigenvalue weighted by atomic mass is 19.1. The number of para-hydroxylation sites is 1. The van der Waals surface area contributed by atoms with Gasteiger partial charge in [-0.2, -0.15) is 0 Å². The lowest BCUT2D eigenvalue weighted by Crippen LogP contribution is -2.50. The smallest absolute Gasteiger partial charge is 0.253 e. The van der Waals surface area contributed by atoms with E-state index in [1.165, 1.54) is 24.3 Å². The van der Waals surface area contributed by atoms with Crippen LogP contribution in [-0.4, -0.2) is 47.8 Å². The van der Waals surface area contributed by atoms with E-state index in [1.54, 1.807) is 9.80 Å². The Bertz CT molecular complexity index is 1030. The van der Waals surface area contributed by atoms with Crippen LogP contribution in [0, 0.1) is 5.82 Å². The van der Waals surface area contributed by atoms with E-state index in [2.05, 4.69) is 0 Å². The van der Waals surface area contributed by atoms with Crippen LogP contribution in [-0.2, 0) is 6.61 Å². The molecule has 0 saturated carbocycles. The maximum atomic E-state index is 13.1. The van der Waals surface area contributed by atoms with Crippen molar-refractivity contribution in [2.45, 2.75) is 6.61 Å². The SMILES string of the molecule is O=C(c1ccc(F)cc1)N1CCN(C(=O)c2ccc(COc3ccccc3)cc2)CC1. The molecule has 3 aromatic carbocycles. The predicted octanol–water partition coefficient (Wildman–Crippen LogP) is 4.00. The largest absolute Gasteiger partial charge is 0.489 e. The summed E-state index contributed by atoms with van der Waals surface area (Å²) in [6.07, 6.45) is 0. The molecule has 6 heteroatoms. The van der Waals surface area contributed by atoms with Crippen LogP contribution in [0.3, 0.4) is 0 Å². The first-order chi connectivity index (χ1) is 15.1. The molecule has 0 N–H and O–H groups in total. The number of carbonyl (C=O) groups is 2. The molecule has 31 heavy (non-hydrogen) atoms. The van der Waals surface area contributed by atoms with Gasteiger partial charge in [0, 0.05) is 37.3 Å². The predicted molar refractivity (Wildman–Crippen MR) is 115 cm³/mol. The van der Waals surface area contributed by atoms with Gasteiger partial charge in [-0.15, -0.1) is 0 Å². The van der Waals surface area contributed by atoms with Gasteiger partial charge in [-0.1, -0.05) is 30.3 Å². The van der Waals surface area contributed by atoms with Crippen molar-refractivity contribution in [1.82, 2.24) is 9.80 Å². The minimum absolute atomic E-state index is 0.0515. The number of amides is 2. The molecule has 5 nitrogen and oxygen atoms in total. The van der Waals surface area contributed by atoms with Crippen LogP contribution >= 0.6 is 0 Å². The van der Waals surface area contributed by atoms with E-state index in [0.29, 0.717) is 43.9 Å². The number of rotatable bonds is 5. The Morgan fingerprint density at radius 3 is 1.71 bits per heavy atom. The van der Waals surface area contributed by atoms with Crippen molar-refractivity contribution >= 4 is 11.8 Å². The maximum absolute atomic E-state index is 13.1. The van der Waals surface area contributed by atoms with E-state index >= 15 is 0 Å². The molecule has 0 bridgehead atoms. The number of hydrogen-bond acceptors (Lipinski definition) is 3. The molecular formula is C25H23FN2O3. The lowest BCUT2D eigenvalue weighted by molar-refractivity contribution is 0.0535. The fourth-order valence-electron chi connectivity index (χ4n) is 3.50. The molecule has 1 aliphatic rings. The summed E-state index contributed by atoms with van der Waals surface area (Å²) in [7, 11) is 0. The van der Waals surface area contributed by atoms with Crippen molar-refractivity contribution in [2.75, 3.05) is 26.2 Å². The van der Waals surface area contributed by atoms with E-state index in [-0.39, 0.29) is 17.6 Å². The van der Waals surface area contributed by atoms with Crippen molar-refractivity contribution < 1.29 is 18.7 Å². The topological polar surface area (TPSA) is 49.9 Å². The van der Waals surface area contributed by atoms with Crippen LogP contribution in [0.2, 0.25) is 0 Å². The average molecular weight is 418 g/mol. The number of piperazine rings is 1. The van der Waals surface area contributed by atoms with Crippen LogP contribution in [0.1, 0.15) is 26.3 Å². The monoisotopic (exact) mass is 418 g/mol. The van der Waals surface area contributed by atoms with Crippen molar-refractivity contribution in [3.05, 3.63) is 101 Å². The van der Waals surface area contributed by atoms with Gasteiger partial charge in [0.25, 0.3) is 11.8 Å². The third-order valence-electron chi connectivity index (χ3n) is 5.29. The van der Waals surface area contributed by atoms with Crippen molar-refractivity contribution in [3.8, 4) is 5.75 Å². The summed E-state index contributed by atoms with van der Waals surface area (Å²) in [5.74, 6) is 0.236. The summed E-state index contributed by atoms with van der Waals surface area (Å²) in [6, 6.07) is 22.5. The Morgan fingerprint density at radius 2 is 1.19 bits per heavy atom. The van der Waals surface area contributed by atoms with Gasteiger partial charge in [0.1, 0.15) is 18.2 Å². The van der Waals surface area contributed by atoms with Crippen molar-refractivity contribution in [3.63, 3.8) is 0 Å². The Hall–Kier alpha value is -3.67. The minimum Gasteiger partial charge on any atom is -0.489 e.